The van der Waals surface area contributed by atoms with Crippen molar-refractivity contribution in [1.29, 1.82) is 0 Å². The van der Waals surface area contributed by atoms with E-state index in [-0.39, 0.29) is 22.6 Å². The van der Waals surface area contributed by atoms with Gasteiger partial charge in [0.15, 0.2) is 5.58 Å². The summed E-state index contributed by atoms with van der Waals surface area (Å²) in [7, 11) is -3.82. The van der Waals surface area contributed by atoms with Crippen molar-refractivity contribution in [3.05, 3.63) is 77.3 Å². The molecule has 0 saturated carbocycles. The van der Waals surface area contributed by atoms with Crippen molar-refractivity contribution in [3.8, 4) is 0 Å². The lowest BCUT2D eigenvalue weighted by Crippen LogP contribution is -2.36. The molecular weight excluding hydrogens is 494 g/mol. The predicted octanol–water partition coefficient (Wildman–Crippen LogP) is 5.35. The van der Waals surface area contributed by atoms with Gasteiger partial charge in [-0.3, -0.25) is 9.52 Å². The molecule has 1 amide bonds. The Balaban J connectivity index is 1.30. The van der Waals surface area contributed by atoms with Crippen molar-refractivity contribution in [3.63, 3.8) is 0 Å². The van der Waals surface area contributed by atoms with Crippen LogP contribution in [-0.4, -0.2) is 31.1 Å². The summed E-state index contributed by atoms with van der Waals surface area (Å²) in [6.45, 7) is 2.03. The van der Waals surface area contributed by atoms with Gasteiger partial charge in [0.2, 0.25) is 5.91 Å². The number of hydrogen-bond donors (Lipinski definition) is 1. The number of amides is 1. The molecule has 0 saturated heterocycles. The molecule has 0 aliphatic carbocycles. The Hall–Kier alpha value is -3.01. The third-order valence-electron chi connectivity index (χ3n) is 5.54. The van der Waals surface area contributed by atoms with E-state index in [0.29, 0.717) is 27.0 Å². The highest BCUT2D eigenvalue weighted by Crippen LogP contribution is 2.33. The number of aromatic nitrogens is 1. The number of carbonyl (C=O) groups excluding carboxylic acids is 1. The van der Waals surface area contributed by atoms with Crippen LogP contribution in [0, 0.1) is 0 Å². The van der Waals surface area contributed by atoms with Crippen molar-refractivity contribution in [2.24, 2.45) is 0 Å². The minimum Gasteiger partial charge on any atom is -0.431 e. The van der Waals surface area contributed by atoms with E-state index in [4.69, 9.17) is 16.0 Å². The van der Waals surface area contributed by atoms with Crippen LogP contribution in [0.3, 0.4) is 0 Å². The average Bonchev–Trinajstić information content (AvgIpc) is 3.38. The van der Waals surface area contributed by atoms with Gasteiger partial charge in [-0.05, 0) is 67.4 Å². The number of nitrogens with one attached hydrogen (secondary N) is 1. The number of anilines is 2. The lowest BCUT2D eigenvalue weighted by molar-refractivity contribution is -0.116. The first-order chi connectivity index (χ1) is 16.3. The summed E-state index contributed by atoms with van der Waals surface area (Å²) in [4.78, 5) is 19.2. The summed E-state index contributed by atoms with van der Waals surface area (Å²) in [6, 6.07) is 18.8. The zero-order chi connectivity index (χ0) is 23.9. The highest BCUT2D eigenvalue weighted by atomic mass is 35.5. The molecule has 1 aromatic heterocycles. The van der Waals surface area contributed by atoms with E-state index in [1.807, 2.05) is 36.1 Å². The maximum absolute atomic E-state index is 12.9. The zero-order valence-electron chi connectivity index (χ0n) is 18.1. The third kappa shape index (κ3) is 4.51. The van der Waals surface area contributed by atoms with Crippen LogP contribution in [0.4, 0.5) is 11.4 Å². The average molecular weight is 514 g/mol. The van der Waals surface area contributed by atoms with Gasteiger partial charge in [0.25, 0.3) is 15.2 Å². The lowest BCUT2D eigenvalue weighted by atomic mass is 10.1. The molecule has 2 heterocycles. The monoisotopic (exact) mass is 513 g/mol. The fourth-order valence-corrected chi connectivity index (χ4v) is 5.89. The number of halogens is 1. The van der Waals surface area contributed by atoms with E-state index >= 15 is 0 Å². The molecule has 0 bridgehead atoms. The molecule has 7 nitrogen and oxygen atoms in total. The SMILES string of the molecule is CC1Cc2ccccc2N1C(=O)CSc1nc2cc(S(=O)(=O)Nc3ccc(Cl)cc3)ccc2o1. The number of oxazole rings is 1. The molecule has 4 aromatic rings. The van der Waals surface area contributed by atoms with E-state index in [0.717, 1.165) is 17.7 Å². The summed E-state index contributed by atoms with van der Waals surface area (Å²) in [5.74, 6) is 0.134. The molecule has 0 fully saturated rings. The minimum atomic E-state index is -3.82. The molecule has 1 N–H and O–H groups in total. The number of carbonyl (C=O) groups is 1. The van der Waals surface area contributed by atoms with Crippen molar-refractivity contribution in [1.82, 2.24) is 4.98 Å². The molecule has 0 spiro atoms. The van der Waals surface area contributed by atoms with Crippen molar-refractivity contribution in [2.45, 2.75) is 29.5 Å². The van der Waals surface area contributed by atoms with Gasteiger partial charge in [0.05, 0.1) is 10.6 Å². The Bertz CT molecular complexity index is 1490. The number of rotatable bonds is 6. The second kappa shape index (κ2) is 8.98. The van der Waals surface area contributed by atoms with Crippen molar-refractivity contribution >= 4 is 61.8 Å². The van der Waals surface area contributed by atoms with Crippen molar-refractivity contribution < 1.29 is 17.6 Å². The highest BCUT2D eigenvalue weighted by Gasteiger charge is 2.30. The van der Waals surface area contributed by atoms with Gasteiger partial charge >= 0.3 is 0 Å². The normalized spacial score (nSPS) is 15.5. The van der Waals surface area contributed by atoms with Crippen LogP contribution in [-0.2, 0) is 21.2 Å². The molecule has 1 atom stereocenters. The first-order valence-electron chi connectivity index (χ1n) is 10.5. The van der Waals surface area contributed by atoms with E-state index in [1.54, 1.807) is 30.3 Å². The molecule has 1 aliphatic rings. The molecule has 1 unspecified atom stereocenters. The van der Waals surface area contributed by atoms with E-state index in [1.165, 1.54) is 23.9 Å². The molecule has 5 rings (SSSR count). The number of sulfonamides is 1. The van der Waals surface area contributed by atoms with Crippen LogP contribution < -0.4 is 9.62 Å². The number of nitrogens with zero attached hydrogens (tertiary/aromatic N) is 2. The van der Waals surface area contributed by atoms with Crippen LogP contribution in [0.25, 0.3) is 11.1 Å². The molecule has 174 valence electrons. The highest BCUT2D eigenvalue weighted by molar-refractivity contribution is 7.99. The first-order valence-corrected chi connectivity index (χ1v) is 13.4. The van der Waals surface area contributed by atoms with E-state index in [2.05, 4.69) is 9.71 Å². The fraction of sp³-hybridized carbons (Fsp3) is 0.167. The number of hydrogen-bond acceptors (Lipinski definition) is 6. The van der Waals surface area contributed by atoms with Gasteiger partial charge in [0.1, 0.15) is 5.52 Å². The number of thioether (sulfide) groups is 1. The van der Waals surface area contributed by atoms with E-state index < -0.39 is 10.0 Å². The van der Waals surface area contributed by atoms with Crippen LogP contribution in [0.5, 0.6) is 0 Å². The quantitative estimate of drug-likeness (QED) is 0.349. The van der Waals surface area contributed by atoms with Gasteiger partial charge in [-0.2, -0.15) is 0 Å². The second-order valence-electron chi connectivity index (χ2n) is 7.96. The molecule has 34 heavy (non-hydrogen) atoms. The van der Waals surface area contributed by atoms with Gasteiger partial charge in [-0.15, -0.1) is 0 Å². The number of fused-ring (bicyclic) bond motifs is 2. The summed E-state index contributed by atoms with van der Waals surface area (Å²) in [5.41, 5.74) is 3.35. The lowest BCUT2D eigenvalue weighted by Gasteiger charge is -2.22. The Labute approximate surface area is 206 Å². The predicted molar refractivity (Wildman–Crippen MR) is 134 cm³/mol. The van der Waals surface area contributed by atoms with Crippen LogP contribution in [0.2, 0.25) is 5.02 Å². The first kappa shape index (κ1) is 22.8. The van der Waals surface area contributed by atoms with E-state index in [9.17, 15) is 13.2 Å². The summed E-state index contributed by atoms with van der Waals surface area (Å²) in [6.07, 6.45) is 0.830. The van der Waals surface area contributed by atoms with Gasteiger partial charge in [-0.1, -0.05) is 41.6 Å². The second-order valence-corrected chi connectivity index (χ2v) is 11.0. The topological polar surface area (TPSA) is 92.5 Å². The number of para-hydroxylation sites is 1. The standard InChI is InChI=1S/C24H20ClN3O4S2/c1-15-12-16-4-2-3-5-21(16)28(15)23(29)14-33-24-26-20-13-19(10-11-22(20)32-24)34(30,31)27-18-8-6-17(25)7-9-18/h2-11,13,15,27H,12,14H2,1H3. The zero-order valence-corrected chi connectivity index (χ0v) is 20.5. The third-order valence-corrected chi connectivity index (χ3v) is 7.99. The number of benzene rings is 3. The summed E-state index contributed by atoms with van der Waals surface area (Å²) in [5, 5.41) is 0.822. The maximum Gasteiger partial charge on any atom is 0.261 e. The van der Waals surface area contributed by atoms with Crippen LogP contribution in [0.1, 0.15) is 12.5 Å². The molecular formula is C24H20ClN3O4S2. The van der Waals surface area contributed by atoms with Gasteiger partial charge in [-0.25, -0.2) is 13.4 Å². The molecule has 3 aromatic carbocycles. The van der Waals surface area contributed by atoms with Crippen LogP contribution in [0.15, 0.2) is 81.3 Å². The molecule has 0 radical (unpaired) electrons. The van der Waals surface area contributed by atoms with Gasteiger partial charge in [0, 0.05) is 22.4 Å². The summed E-state index contributed by atoms with van der Waals surface area (Å²) < 4.78 is 33.8. The molecule has 1 aliphatic heterocycles. The van der Waals surface area contributed by atoms with Crippen LogP contribution >= 0.6 is 23.4 Å². The largest absolute Gasteiger partial charge is 0.431 e. The Morgan fingerprint density at radius 3 is 2.74 bits per heavy atom. The maximum atomic E-state index is 12.9. The Morgan fingerprint density at radius 2 is 1.94 bits per heavy atom. The summed E-state index contributed by atoms with van der Waals surface area (Å²) >= 11 is 7.05. The minimum absolute atomic E-state index is 0.0277. The molecule has 10 heteroatoms. The van der Waals surface area contributed by atoms with Gasteiger partial charge < -0.3 is 9.32 Å². The fourth-order valence-electron chi connectivity index (χ4n) is 3.99. The smallest absolute Gasteiger partial charge is 0.261 e. The van der Waals surface area contributed by atoms with Crippen molar-refractivity contribution in [2.75, 3.05) is 15.4 Å². The Morgan fingerprint density at radius 1 is 1.18 bits per heavy atom. The Kier molecular flexibility index (Phi) is 6.01.